The summed E-state index contributed by atoms with van der Waals surface area (Å²) in [5.41, 5.74) is 4.87. The molecule has 50 valence electrons. The summed E-state index contributed by atoms with van der Waals surface area (Å²) in [6, 6.07) is 0. The first-order chi connectivity index (χ1) is 4.22. The minimum atomic E-state index is -1.07. The Hall–Kier alpha value is -1.19. The van der Waals surface area contributed by atoms with Crippen LogP contribution in [0.5, 0.6) is 0 Å². The second kappa shape index (κ2) is 3.77. The minimum absolute atomic E-state index is 0.0440. The fourth-order valence-electron chi connectivity index (χ4n) is 0.337. The van der Waals surface area contributed by atoms with Gasteiger partial charge in [-0.05, 0) is 12.3 Å². The Morgan fingerprint density at radius 1 is 1.78 bits per heavy atom. The van der Waals surface area contributed by atoms with Crippen molar-refractivity contribution in [1.82, 2.24) is 0 Å². The van der Waals surface area contributed by atoms with Crippen LogP contribution in [-0.2, 0) is 0 Å². The number of nitrogens with two attached hydrogens (primary N) is 1. The number of aliphatic imine (C=N–C) groups is 1. The second-order valence-corrected chi connectivity index (χ2v) is 1.28. The third kappa shape index (κ3) is 2.58. The van der Waals surface area contributed by atoms with Gasteiger partial charge in [-0.1, -0.05) is 0 Å². The van der Waals surface area contributed by atoms with Gasteiger partial charge in [0.2, 0.25) is 5.97 Å². The highest BCUT2D eigenvalue weighted by molar-refractivity contribution is 6.41. The zero-order chi connectivity index (χ0) is 7.28. The van der Waals surface area contributed by atoms with Gasteiger partial charge in [0.05, 0.1) is 0 Å². The van der Waals surface area contributed by atoms with Crippen molar-refractivity contribution in [1.29, 1.82) is 5.41 Å². The van der Waals surface area contributed by atoms with E-state index in [0.717, 1.165) is 6.20 Å². The first kappa shape index (κ1) is 7.81. The SMILES string of the molecule is CN=C(C=CN)C(=N)F. The van der Waals surface area contributed by atoms with Gasteiger partial charge in [-0.3, -0.25) is 10.4 Å². The number of nitrogens with one attached hydrogen (secondary N) is 1. The normalized spacial score (nSPS) is 12.4. The molecule has 0 saturated carbocycles. The molecular weight excluding hydrogens is 121 g/mol. The van der Waals surface area contributed by atoms with Crippen LogP contribution in [0.3, 0.4) is 0 Å². The maximum absolute atomic E-state index is 11.9. The van der Waals surface area contributed by atoms with E-state index in [1.165, 1.54) is 13.1 Å². The van der Waals surface area contributed by atoms with Crippen LogP contribution in [0.2, 0.25) is 0 Å². The summed E-state index contributed by atoms with van der Waals surface area (Å²) in [6.07, 6.45) is 2.36. The van der Waals surface area contributed by atoms with Crippen LogP contribution < -0.4 is 5.73 Å². The highest BCUT2D eigenvalue weighted by atomic mass is 19.1. The molecule has 0 atom stereocenters. The number of halogens is 1. The molecule has 0 amide bonds. The van der Waals surface area contributed by atoms with Gasteiger partial charge in [-0.2, -0.15) is 4.39 Å². The lowest BCUT2D eigenvalue weighted by atomic mass is 10.4. The van der Waals surface area contributed by atoms with Crippen molar-refractivity contribution in [3.63, 3.8) is 0 Å². The quantitative estimate of drug-likeness (QED) is 0.523. The molecule has 0 aliphatic heterocycles. The van der Waals surface area contributed by atoms with Crippen LogP contribution >= 0.6 is 0 Å². The molecule has 0 heterocycles. The zero-order valence-electron chi connectivity index (χ0n) is 5.06. The van der Waals surface area contributed by atoms with Crippen LogP contribution in [0.4, 0.5) is 4.39 Å². The fraction of sp³-hybridized carbons (Fsp3) is 0.200. The van der Waals surface area contributed by atoms with Gasteiger partial charge in [0.25, 0.3) is 0 Å². The zero-order valence-corrected chi connectivity index (χ0v) is 5.06. The minimum Gasteiger partial charge on any atom is -0.405 e. The molecular formula is C5H8FN3. The summed E-state index contributed by atoms with van der Waals surface area (Å²) in [4.78, 5) is 3.43. The summed E-state index contributed by atoms with van der Waals surface area (Å²) in [7, 11) is 1.39. The van der Waals surface area contributed by atoms with Gasteiger partial charge in [-0.25, -0.2) is 0 Å². The molecule has 0 aromatic rings. The molecule has 9 heavy (non-hydrogen) atoms. The topological polar surface area (TPSA) is 62.2 Å². The molecule has 0 fully saturated rings. The van der Waals surface area contributed by atoms with Gasteiger partial charge in [0.1, 0.15) is 5.71 Å². The largest absolute Gasteiger partial charge is 0.405 e. The van der Waals surface area contributed by atoms with E-state index in [1.807, 2.05) is 0 Å². The Morgan fingerprint density at radius 2 is 2.33 bits per heavy atom. The molecule has 0 spiro atoms. The van der Waals surface area contributed by atoms with E-state index in [-0.39, 0.29) is 5.71 Å². The van der Waals surface area contributed by atoms with E-state index < -0.39 is 5.97 Å². The predicted molar refractivity (Wildman–Crippen MR) is 35.5 cm³/mol. The summed E-state index contributed by atoms with van der Waals surface area (Å²) in [5.74, 6) is -1.07. The molecule has 0 aliphatic carbocycles. The van der Waals surface area contributed by atoms with Crippen LogP contribution in [0, 0.1) is 5.41 Å². The number of hydrogen-bond acceptors (Lipinski definition) is 3. The average molecular weight is 129 g/mol. The van der Waals surface area contributed by atoms with Crippen LogP contribution in [0.25, 0.3) is 0 Å². The molecule has 0 rings (SSSR count). The Kier molecular flexibility index (Phi) is 3.27. The summed E-state index contributed by atoms with van der Waals surface area (Å²) in [5, 5.41) is 6.45. The molecule has 4 heteroatoms. The Bertz CT molecular complexity index is 160. The van der Waals surface area contributed by atoms with E-state index in [1.54, 1.807) is 0 Å². The first-order valence-corrected chi connectivity index (χ1v) is 2.32. The Balaban J connectivity index is 4.19. The number of nitrogens with zero attached hydrogens (tertiary/aromatic N) is 1. The highest BCUT2D eigenvalue weighted by Gasteiger charge is 1.97. The van der Waals surface area contributed by atoms with Crippen molar-refractivity contribution < 1.29 is 4.39 Å². The monoisotopic (exact) mass is 129 g/mol. The van der Waals surface area contributed by atoms with E-state index >= 15 is 0 Å². The van der Waals surface area contributed by atoms with Crippen molar-refractivity contribution >= 4 is 11.7 Å². The molecule has 0 aromatic heterocycles. The van der Waals surface area contributed by atoms with Crippen molar-refractivity contribution in [2.45, 2.75) is 0 Å². The average Bonchev–Trinajstić information content (AvgIpc) is 1.82. The number of allylic oxidation sites excluding steroid dienone is 1. The highest BCUT2D eigenvalue weighted by Crippen LogP contribution is 1.83. The molecule has 0 aliphatic rings. The van der Waals surface area contributed by atoms with Gasteiger partial charge >= 0.3 is 0 Å². The van der Waals surface area contributed by atoms with Crippen LogP contribution in [0.15, 0.2) is 17.3 Å². The van der Waals surface area contributed by atoms with E-state index in [4.69, 9.17) is 11.1 Å². The Labute approximate surface area is 52.6 Å². The smallest absolute Gasteiger partial charge is 0.231 e. The van der Waals surface area contributed by atoms with E-state index in [0.29, 0.717) is 0 Å². The van der Waals surface area contributed by atoms with Gasteiger partial charge in [0, 0.05) is 7.05 Å². The summed E-state index contributed by atoms with van der Waals surface area (Å²) in [6.45, 7) is 0. The van der Waals surface area contributed by atoms with E-state index in [9.17, 15) is 4.39 Å². The fourth-order valence-corrected chi connectivity index (χ4v) is 0.337. The third-order valence-corrected chi connectivity index (χ3v) is 0.720. The lowest BCUT2D eigenvalue weighted by Gasteiger charge is -1.88. The van der Waals surface area contributed by atoms with Gasteiger partial charge in [0.15, 0.2) is 0 Å². The molecule has 3 nitrogen and oxygen atoms in total. The standard InChI is InChI=1S/C5H8FN3/c1-9-4(2-3-7)5(6)8/h2-3,8H,7H2,1H3. The first-order valence-electron chi connectivity index (χ1n) is 2.32. The third-order valence-electron chi connectivity index (χ3n) is 0.720. The van der Waals surface area contributed by atoms with Crippen molar-refractivity contribution in [3.05, 3.63) is 12.3 Å². The maximum atomic E-state index is 11.9. The summed E-state index contributed by atoms with van der Waals surface area (Å²) >= 11 is 0. The van der Waals surface area contributed by atoms with Gasteiger partial charge < -0.3 is 5.73 Å². The van der Waals surface area contributed by atoms with Crippen molar-refractivity contribution in [3.8, 4) is 0 Å². The molecule has 0 bridgehead atoms. The second-order valence-electron chi connectivity index (χ2n) is 1.28. The molecule has 0 saturated heterocycles. The lowest BCUT2D eigenvalue weighted by Crippen LogP contribution is -2.04. The van der Waals surface area contributed by atoms with Crippen LogP contribution in [-0.4, -0.2) is 18.7 Å². The molecule has 0 aromatic carbocycles. The van der Waals surface area contributed by atoms with E-state index in [2.05, 4.69) is 4.99 Å². The van der Waals surface area contributed by atoms with Gasteiger partial charge in [-0.15, -0.1) is 0 Å². The number of rotatable bonds is 2. The molecule has 0 radical (unpaired) electrons. The summed E-state index contributed by atoms with van der Waals surface area (Å²) < 4.78 is 11.9. The van der Waals surface area contributed by atoms with Crippen molar-refractivity contribution in [2.24, 2.45) is 10.7 Å². The lowest BCUT2D eigenvalue weighted by molar-refractivity contribution is 0.812. The predicted octanol–water partition coefficient (Wildman–Crippen LogP) is 0.476. The molecule has 0 unspecified atom stereocenters. The maximum Gasteiger partial charge on any atom is 0.231 e. The molecule has 3 N–H and O–H groups in total. The Morgan fingerprint density at radius 3 is 2.44 bits per heavy atom. The van der Waals surface area contributed by atoms with Crippen LogP contribution in [0.1, 0.15) is 0 Å². The van der Waals surface area contributed by atoms with Crippen molar-refractivity contribution in [2.75, 3.05) is 7.05 Å². The number of hydrogen-bond donors (Lipinski definition) is 2.